The Morgan fingerprint density at radius 2 is 2.06 bits per heavy atom. The first-order valence-corrected chi connectivity index (χ1v) is 5.82. The van der Waals surface area contributed by atoms with Gasteiger partial charge in [0.1, 0.15) is 0 Å². The van der Waals surface area contributed by atoms with Crippen molar-refractivity contribution < 1.29 is 0 Å². The standard InChI is InChI=1S/C13H19N3/c14-12-6-5-11(9-13(12)15)16-8-7-10-3-1-2-4-10/h3,5-6,9,16H,1-2,4,7-8,14-15H2. The SMILES string of the molecule is Nc1ccc(NCCC2=CCCC2)cc1N. The summed E-state index contributed by atoms with van der Waals surface area (Å²) in [5, 5.41) is 3.36. The molecule has 0 fully saturated rings. The first-order chi connectivity index (χ1) is 7.75. The van der Waals surface area contributed by atoms with Gasteiger partial charge in [-0.1, -0.05) is 11.6 Å². The lowest BCUT2D eigenvalue weighted by molar-refractivity contribution is 0.863. The number of nitrogens with one attached hydrogen (secondary N) is 1. The molecule has 1 aromatic rings. The van der Waals surface area contributed by atoms with Crippen molar-refractivity contribution in [1.29, 1.82) is 0 Å². The van der Waals surface area contributed by atoms with Crippen molar-refractivity contribution in [1.82, 2.24) is 0 Å². The first-order valence-electron chi connectivity index (χ1n) is 5.82. The Labute approximate surface area is 96.5 Å². The van der Waals surface area contributed by atoms with Gasteiger partial charge >= 0.3 is 0 Å². The van der Waals surface area contributed by atoms with Crippen LogP contribution >= 0.6 is 0 Å². The molecule has 1 aliphatic rings. The van der Waals surface area contributed by atoms with Crippen molar-refractivity contribution in [3.63, 3.8) is 0 Å². The van der Waals surface area contributed by atoms with Crippen LogP contribution in [0.25, 0.3) is 0 Å². The molecule has 0 amide bonds. The number of anilines is 3. The number of nitrogens with two attached hydrogens (primary N) is 2. The van der Waals surface area contributed by atoms with E-state index in [0.29, 0.717) is 11.4 Å². The molecule has 2 rings (SSSR count). The van der Waals surface area contributed by atoms with Crippen molar-refractivity contribution in [2.24, 2.45) is 0 Å². The molecule has 0 heterocycles. The van der Waals surface area contributed by atoms with Gasteiger partial charge in [-0.05, 0) is 43.9 Å². The van der Waals surface area contributed by atoms with Gasteiger partial charge in [0.2, 0.25) is 0 Å². The minimum Gasteiger partial charge on any atom is -0.397 e. The van der Waals surface area contributed by atoms with E-state index in [2.05, 4.69) is 11.4 Å². The Morgan fingerprint density at radius 3 is 2.75 bits per heavy atom. The summed E-state index contributed by atoms with van der Waals surface area (Å²) in [6, 6.07) is 5.69. The number of hydrogen-bond donors (Lipinski definition) is 3. The van der Waals surface area contributed by atoms with Gasteiger partial charge in [-0.3, -0.25) is 0 Å². The zero-order valence-electron chi connectivity index (χ0n) is 9.50. The van der Waals surface area contributed by atoms with Gasteiger partial charge in [0.05, 0.1) is 11.4 Å². The molecule has 0 bridgehead atoms. The zero-order valence-corrected chi connectivity index (χ0v) is 9.50. The Balaban J connectivity index is 1.82. The molecule has 86 valence electrons. The van der Waals surface area contributed by atoms with E-state index in [1.165, 1.54) is 19.3 Å². The predicted molar refractivity (Wildman–Crippen MR) is 70.3 cm³/mol. The monoisotopic (exact) mass is 217 g/mol. The number of benzene rings is 1. The second kappa shape index (κ2) is 4.92. The van der Waals surface area contributed by atoms with E-state index in [1.807, 2.05) is 18.2 Å². The Bertz CT molecular complexity index is 396. The molecular weight excluding hydrogens is 198 g/mol. The topological polar surface area (TPSA) is 64.1 Å². The van der Waals surface area contributed by atoms with Crippen LogP contribution in [0.4, 0.5) is 17.1 Å². The van der Waals surface area contributed by atoms with Gasteiger partial charge < -0.3 is 16.8 Å². The third kappa shape index (κ3) is 2.69. The Hall–Kier alpha value is -1.64. The number of hydrogen-bond acceptors (Lipinski definition) is 3. The highest BCUT2D eigenvalue weighted by atomic mass is 14.9. The molecule has 0 saturated heterocycles. The average molecular weight is 217 g/mol. The van der Waals surface area contributed by atoms with Gasteiger partial charge in [0.25, 0.3) is 0 Å². The van der Waals surface area contributed by atoms with E-state index >= 15 is 0 Å². The molecular formula is C13H19N3. The highest BCUT2D eigenvalue weighted by Crippen LogP contribution is 2.22. The zero-order chi connectivity index (χ0) is 11.4. The molecule has 0 aromatic heterocycles. The summed E-state index contributed by atoms with van der Waals surface area (Å²) < 4.78 is 0. The predicted octanol–water partition coefficient (Wildman–Crippen LogP) is 2.76. The fourth-order valence-corrected chi connectivity index (χ4v) is 2.02. The molecule has 0 spiro atoms. The maximum Gasteiger partial charge on any atom is 0.0568 e. The maximum atomic E-state index is 5.74. The van der Waals surface area contributed by atoms with Gasteiger partial charge in [0.15, 0.2) is 0 Å². The summed E-state index contributed by atoms with van der Waals surface area (Å²) >= 11 is 0. The maximum absolute atomic E-state index is 5.74. The number of rotatable bonds is 4. The van der Waals surface area contributed by atoms with Crippen LogP contribution in [0.15, 0.2) is 29.8 Å². The number of allylic oxidation sites excluding steroid dienone is 1. The van der Waals surface area contributed by atoms with E-state index in [9.17, 15) is 0 Å². The molecule has 0 atom stereocenters. The summed E-state index contributed by atoms with van der Waals surface area (Å²) in [5.74, 6) is 0. The molecule has 3 nitrogen and oxygen atoms in total. The minimum absolute atomic E-state index is 0.643. The summed E-state index contributed by atoms with van der Waals surface area (Å²) in [4.78, 5) is 0. The normalized spacial score (nSPS) is 14.9. The van der Waals surface area contributed by atoms with E-state index in [0.717, 1.165) is 18.7 Å². The molecule has 1 aliphatic carbocycles. The van der Waals surface area contributed by atoms with Crippen LogP contribution in [0.5, 0.6) is 0 Å². The molecule has 3 heteroatoms. The second-order valence-corrected chi connectivity index (χ2v) is 4.28. The molecule has 0 radical (unpaired) electrons. The molecule has 1 aromatic carbocycles. The van der Waals surface area contributed by atoms with Crippen molar-refractivity contribution in [3.05, 3.63) is 29.8 Å². The van der Waals surface area contributed by atoms with Crippen molar-refractivity contribution >= 4 is 17.1 Å². The van der Waals surface area contributed by atoms with Gasteiger partial charge in [-0.2, -0.15) is 0 Å². The van der Waals surface area contributed by atoms with Crippen LogP contribution in [0.3, 0.4) is 0 Å². The molecule has 0 unspecified atom stereocenters. The molecule has 0 aliphatic heterocycles. The molecule has 0 saturated carbocycles. The van der Waals surface area contributed by atoms with Gasteiger partial charge in [0, 0.05) is 12.2 Å². The lowest BCUT2D eigenvalue weighted by Crippen LogP contribution is -2.03. The van der Waals surface area contributed by atoms with E-state index in [4.69, 9.17) is 11.5 Å². The minimum atomic E-state index is 0.643. The lowest BCUT2D eigenvalue weighted by Gasteiger charge is -2.08. The van der Waals surface area contributed by atoms with Crippen LogP contribution in [0, 0.1) is 0 Å². The lowest BCUT2D eigenvalue weighted by atomic mass is 10.1. The third-order valence-corrected chi connectivity index (χ3v) is 3.00. The third-order valence-electron chi connectivity index (χ3n) is 3.00. The number of nitrogen functional groups attached to an aromatic ring is 2. The van der Waals surface area contributed by atoms with Crippen LogP contribution in [0.1, 0.15) is 25.7 Å². The summed E-state index contributed by atoms with van der Waals surface area (Å²) in [7, 11) is 0. The first kappa shape index (κ1) is 10.9. The van der Waals surface area contributed by atoms with Gasteiger partial charge in [-0.25, -0.2) is 0 Å². The average Bonchev–Trinajstić information content (AvgIpc) is 2.76. The molecule has 5 N–H and O–H groups in total. The van der Waals surface area contributed by atoms with Crippen molar-refractivity contribution in [2.75, 3.05) is 23.3 Å². The molecule has 16 heavy (non-hydrogen) atoms. The van der Waals surface area contributed by atoms with E-state index in [-0.39, 0.29) is 0 Å². The van der Waals surface area contributed by atoms with Gasteiger partial charge in [-0.15, -0.1) is 0 Å². The van der Waals surface area contributed by atoms with Crippen molar-refractivity contribution in [3.8, 4) is 0 Å². The van der Waals surface area contributed by atoms with Crippen LogP contribution < -0.4 is 16.8 Å². The fraction of sp³-hybridized carbons (Fsp3) is 0.385. The fourth-order valence-electron chi connectivity index (χ4n) is 2.02. The van der Waals surface area contributed by atoms with E-state index in [1.54, 1.807) is 5.57 Å². The Kier molecular flexibility index (Phi) is 3.34. The quantitative estimate of drug-likeness (QED) is 0.536. The smallest absolute Gasteiger partial charge is 0.0568 e. The summed E-state index contributed by atoms with van der Waals surface area (Å²) in [6.45, 7) is 0.967. The second-order valence-electron chi connectivity index (χ2n) is 4.28. The highest BCUT2D eigenvalue weighted by molar-refractivity contribution is 5.69. The summed E-state index contributed by atoms with van der Waals surface area (Å²) in [5.41, 5.74) is 15.3. The van der Waals surface area contributed by atoms with E-state index < -0.39 is 0 Å². The van der Waals surface area contributed by atoms with Crippen molar-refractivity contribution in [2.45, 2.75) is 25.7 Å². The largest absolute Gasteiger partial charge is 0.397 e. The van der Waals surface area contributed by atoms with Crippen LogP contribution in [0.2, 0.25) is 0 Å². The van der Waals surface area contributed by atoms with Crippen LogP contribution in [-0.4, -0.2) is 6.54 Å². The van der Waals surface area contributed by atoms with Crippen LogP contribution in [-0.2, 0) is 0 Å². The highest BCUT2D eigenvalue weighted by Gasteiger charge is 2.03. The summed E-state index contributed by atoms with van der Waals surface area (Å²) in [6.07, 6.45) is 7.34. The Morgan fingerprint density at radius 1 is 1.19 bits per heavy atom.